The van der Waals surface area contributed by atoms with Crippen LogP contribution in [0.2, 0.25) is 0 Å². The van der Waals surface area contributed by atoms with Crippen molar-refractivity contribution in [3.63, 3.8) is 0 Å². The number of benzene rings is 2. The summed E-state index contributed by atoms with van der Waals surface area (Å²) in [7, 11) is 4.67. The second-order valence-corrected chi connectivity index (χ2v) is 10.9. The van der Waals surface area contributed by atoms with E-state index < -0.39 is 5.60 Å². The maximum atomic E-state index is 13.7. The molecule has 2 amide bonds. The van der Waals surface area contributed by atoms with Gasteiger partial charge in [-0.1, -0.05) is 49.4 Å². The highest BCUT2D eigenvalue weighted by Crippen LogP contribution is 2.46. The van der Waals surface area contributed by atoms with Gasteiger partial charge in [-0.2, -0.15) is 0 Å². The van der Waals surface area contributed by atoms with Gasteiger partial charge in [0.15, 0.2) is 11.5 Å². The highest BCUT2D eigenvalue weighted by molar-refractivity contribution is 5.98. The molecule has 0 saturated carbocycles. The van der Waals surface area contributed by atoms with Gasteiger partial charge in [-0.3, -0.25) is 4.79 Å². The number of hydrogen-bond acceptors (Lipinski definition) is 6. The SMILES string of the molecule is CCC(/C=C/c1ccccc1)c1c(C(=O)NCCC2CCCN2C(=O)OC(C)(C)C)cc(OC)c(OC)c1OC. The van der Waals surface area contributed by atoms with Crippen LogP contribution in [0.25, 0.3) is 6.08 Å². The molecule has 2 atom stereocenters. The first-order valence-corrected chi connectivity index (χ1v) is 14.0. The van der Waals surface area contributed by atoms with Crippen molar-refractivity contribution < 1.29 is 28.5 Å². The Morgan fingerprint density at radius 2 is 1.77 bits per heavy atom. The average molecular weight is 553 g/mol. The van der Waals surface area contributed by atoms with Crippen LogP contribution < -0.4 is 19.5 Å². The summed E-state index contributed by atoms with van der Waals surface area (Å²) in [6.45, 7) is 8.74. The Morgan fingerprint density at radius 3 is 2.38 bits per heavy atom. The number of carbonyl (C=O) groups is 2. The Labute approximate surface area is 238 Å². The van der Waals surface area contributed by atoms with Crippen LogP contribution >= 0.6 is 0 Å². The van der Waals surface area contributed by atoms with Gasteiger partial charge in [0.25, 0.3) is 5.91 Å². The van der Waals surface area contributed by atoms with Gasteiger partial charge in [0, 0.05) is 30.6 Å². The van der Waals surface area contributed by atoms with E-state index in [-0.39, 0.29) is 24.0 Å². The molecule has 1 N–H and O–H groups in total. The normalized spacial score (nSPS) is 16.1. The lowest BCUT2D eigenvalue weighted by atomic mass is 9.89. The van der Waals surface area contributed by atoms with E-state index in [2.05, 4.69) is 24.4 Å². The smallest absolute Gasteiger partial charge is 0.410 e. The van der Waals surface area contributed by atoms with Crippen molar-refractivity contribution in [3.8, 4) is 17.2 Å². The standard InChI is InChI=1S/C32H44N2O6/c1-8-23(17-16-22-13-10-9-11-14-22)27-25(21-26(37-5)28(38-6)29(27)39-7)30(35)33-19-18-24-15-12-20-34(24)31(36)40-32(2,3)4/h9-11,13-14,16-17,21,23-24H,8,12,15,18-20H2,1-7H3,(H,33,35)/b17-16+. The van der Waals surface area contributed by atoms with Crippen LogP contribution in [0.15, 0.2) is 42.5 Å². The number of amides is 2. The van der Waals surface area contributed by atoms with Gasteiger partial charge in [-0.15, -0.1) is 0 Å². The largest absolute Gasteiger partial charge is 0.493 e. The zero-order valence-electron chi connectivity index (χ0n) is 24.9. The van der Waals surface area contributed by atoms with Crippen LogP contribution in [-0.4, -0.2) is 63.0 Å². The van der Waals surface area contributed by atoms with Gasteiger partial charge >= 0.3 is 6.09 Å². The van der Waals surface area contributed by atoms with Crippen molar-refractivity contribution in [1.82, 2.24) is 10.2 Å². The van der Waals surface area contributed by atoms with Gasteiger partial charge in [-0.25, -0.2) is 4.79 Å². The zero-order valence-corrected chi connectivity index (χ0v) is 24.9. The highest BCUT2D eigenvalue weighted by Gasteiger charge is 2.32. The van der Waals surface area contributed by atoms with E-state index in [4.69, 9.17) is 18.9 Å². The third kappa shape index (κ3) is 7.71. The maximum Gasteiger partial charge on any atom is 0.410 e. The Balaban J connectivity index is 1.86. The van der Waals surface area contributed by atoms with Gasteiger partial charge < -0.3 is 29.2 Å². The van der Waals surface area contributed by atoms with E-state index in [1.807, 2.05) is 51.1 Å². The summed E-state index contributed by atoms with van der Waals surface area (Å²) in [5.74, 6) is 0.989. The van der Waals surface area contributed by atoms with Gasteiger partial charge in [-0.05, 0) is 58.1 Å². The molecule has 0 aliphatic carbocycles. The van der Waals surface area contributed by atoms with Crippen LogP contribution in [0.1, 0.15) is 80.8 Å². The fraction of sp³-hybridized carbons (Fsp3) is 0.500. The minimum absolute atomic E-state index is 0.0201. The molecule has 3 rings (SSSR count). The first-order chi connectivity index (χ1) is 19.1. The molecular weight excluding hydrogens is 508 g/mol. The number of hydrogen-bond donors (Lipinski definition) is 1. The fourth-order valence-corrected chi connectivity index (χ4v) is 5.11. The van der Waals surface area contributed by atoms with E-state index >= 15 is 0 Å². The molecule has 2 aromatic carbocycles. The number of ether oxygens (including phenoxy) is 4. The molecule has 218 valence electrons. The van der Waals surface area contributed by atoms with Crippen LogP contribution in [0.5, 0.6) is 17.2 Å². The summed E-state index contributed by atoms with van der Waals surface area (Å²) in [6, 6.07) is 11.8. The lowest BCUT2D eigenvalue weighted by molar-refractivity contribution is 0.0221. The van der Waals surface area contributed by atoms with Crippen molar-refractivity contribution in [2.75, 3.05) is 34.4 Å². The topological polar surface area (TPSA) is 86.3 Å². The Kier molecular flexibility index (Phi) is 10.9. The number of allylic oxidation sites excluding steroid dienone is 1. The Morgan fingerprint density at radius 1 is 1.07 bits per heavy atom. The van der Waals surface area contributed by atoms with Gasteiger partial charge in [0.05, 0.1) is 26.9 Å². The summed E-state index contributed by atoms with van der Waals surface area (Å²) in [5, 5.41) is 3.07. The second-order valence-electron chi connectivity index (χ2n) is 10.9. The van der Waals surface area contributed by atoms with E-state index in [0.717, 1.165) is 30.4 Å². The molecule has 0 spiro atoms. The number of nitrogens with one attached hydrogen (secondary N) is 1. The quantitative estimate of drug-likeness (QED) is 0.345. The first-order valence-electron chi connectivity index (χ1n) is 14.0. The van der Waals surface area contributed by atoms with E-state index in [0.29, 0.717) is 42.3 Å². The van der Waals surface area contributed by atoms with Gasteiger partial charge in [0.2, 0.25) is 5.75 Å². The lowest BCUT2D eigenvalue weighted by Gasteiger charge is -2.28. The Hall–Kier alpha value is -3.68. The van der Waals surface area contributed by atoms with E-state index in [1.165, 1.54) is 7.11 Å². The molecule has 1 fully saturated rings. The summed E-state index contributed by atoms with van der Waals surface area (Å²) in [5.41, 5.74) is 1.72. The van der Waals surface area contributed by atoms with Crippen molar-refractivity contribution in [3.05, 3.63) is 59.2 Å². The summed E-state index contributed by atoms with van der Waals surface area (Å²) in [6.07, 6.45) is 7.01. The molecule has 8 heteroatoms. The third-order valence-corrected chi connectivity index (χ3v) is 7.01. The number of rotatable bonds is 11. The summed E-state index contributed by atoms with van der Waals surface area (Å²) < 4.78 is 22.6. The number of methoxy groups -OCH3 is 3. The second kappa shape index (κ2) is 14.1. The molecule has 1 aliphatic heterocycles. The first kappa shape index (κ1) is 30.9. The minimum atomic E-state index is -0.550. The predicted molar refractivity (Wildman–Crippen MR) is 158 cm³/mol. The number of nitrogens with zero attached hydrogens (tertiary/aromatic N) is 1. The summed E-state index contributed by atoms with van der Waals surface area (Å²) in [4.78, 5) is 28.1. The van der Waals surface area contributed by atoms with Gasteiger partial charge in [0.1, 0.15) is 5.60 Å². The van der Waals surface area contributed by atoms with Crippen molar-refractivity contribution >= 4 is 18.1 Å². The lowest BCUT2D eigenvalue weighted by Crippen LogP contribution is -2.41. The monoisotopic (exact) mass is 552 g/mol. The minimum Gasteiger partial charge on any atom is -0.493 e. The van der Waals surface area contributed by atoms with Crippen LogP contribution in [0, 0.1) is 0 Å². The molecule has 2 aromatic rings. The highest BCUT2D eigenvalue weighted by atomic mass is 16.6. The van der Waals surface area contributed by atoms with Crippen molar-refractivity contribution in [1.29, 1.82) is 0 Å². The van der Waals surface area contributed by atoms with Crippen LogP contribution in [0.3, 0.4) is 0 Å². The predicted octanol–water partition coefficient (Wildman–Crippen LogP) is 6.44. The molecule has 0 radical (unpaired) electrons. The molecule has 2 unspecified atom stereocenters. The molecule has 1 aliphatic rings. The number of likely N-dealkylation sites (tertiary alicyclic amines) is 1. The van der Waals surface area contributed by atoms with E-state index in [9.17, 15) is 9.59 Å². The Bertz CT molecular complexity index is 1170. The number of carbonyl (C=O) groups excluding carboxylic acids is 2. The molecule has 40 heavy (non-hydrogen) atoms. The zero-order chi connectivity index (χ0) is 29.3. The van der Waals surface area contributed by atoms with E-state index in [1.54, 1.807) is 25.2 Å². The van der Waals surface area contributed by atoms with Crippen LogP contribution in [-0.2, 0) is 4.74 Å². The maximum absolute atomic E-state index is 13.7. The molecule has 1 heterocycles. The average Bonchev–Trinajstić information content (AvgIpc) is 3.41. The fourth-order valence-electron chi connectivity index (χ4n) is 5.11. The molecule has 1 saturated heterocycles. The third-order valence-electron chi connectivity index (χ3n) is 7.01. The molecule has 0 bridgehead atoms. The van der Waals surface area contributed by atoms with Crippen molar-refractivity contribution in [2.24, 2.45) is 0 Å². The summed E-state index contributed by atoms with van der Waals surface area (Å²) >= 11 is 0. The van der Waals surface area contributed by atoms with Crippen LogP contribution in [0.4, 0.5) is 4.79 Å². The van der Waals surface area contributed by atoms with Crippen molar-refractivity contribution in [2.45, 2.75) is 70.9 Å². The molecule has 0 aromatic heterocycles. The molecule has 8 nitrogen and oxygen atoms in total. The molecular formula is C32H44N2O6.